The Morgan fingerprint density at radius 1 is 0.918 bits per heavy atom. The number of benzene rings is 2. The summed E-state index contributed by atoms with van der Waals surface area (Å²) in [5.74, 6) is -0.458. The number of halogens is 6. The van der Waals surface area contributed by atoms with E-state index in [0.29, 0.717) is 22.7 Å². The fraction of sp³-hybridized carbons (Fsp3) is 0.0714. The summed E-state index contributed by atoms with van der Waals surface area (Å²) >= 11 is 17.4. The van der Waals surface area contributed by atoms with Crippen LogP contribution in [0.25, 0.3) is 16.9 Å². The molecule has 0 bridgehead atoms. The maximum atomic E-state index is 13.1. The number of nitrogens with two attached hydrogens (primary N) is 1. The molecule has 5 aromatic rings. The summed E-state index contributed by atoms with van der Waals surface area (Å²) in [5, 5.41) is 29.5. The number of nitrogen functional groups attached to an aromatic ring is 1. The van der Waals surface area contributed by atoms with Crippen LogP contribution in [0, 0.1) is 31.9 Å². The number of Topliss-reactive ketones (excluding diaryl/α,β-unsaturated/α-hetero) is 1. The molecular weight excluding hydrogens is 796 g/mol. The number of alkyl halides is 4. The van der Waals surface area contributed by atoms with Crippen LogP contribution >= 0.6 is 50.7 Å². The number of imidazole rings is 1. The maximum Gasteiger partial charge on any atom is 1.00 e. The molecule has 0 fully saturated rings. The third kappa shape index (κ3) is 18.0. The van der Waals surface area contributed by atoms with Crippen molar-refractivity contribution in [2.75, 3.05) is 11.1 Å². The van der Waals surface area contributed by atoms with Gasteiger partial charge in [0, 0.05) is 47.8 Å². The summed E-state index contributed by atoms with van der Waals surface area (Å²) in [7, 11) is 0. The van der Waals surface area contributed by atoms with Gasteiger partial charge in [-0.1, -0.05) is 50.7 Å². The molecule has 3 heterocycles. The smallest absolute Gasteiger partial charge is 0.662 e. The largest absolute Gasteiger partial charge is 1.00 e. The number of nitrogens with zero attached hydrogens (tertiary/aromatic N) is 5. The van der Waals surface area contributed by atoms with E-state index in [9.17, 15) is 33.8 Å². The summed E-state index contributed by atoms with van der Waals surface area (Å²) in [6, 6.07) is 17.2. The average Bonchev–Trinajstić information content (AvgIpc) is 3.49. The molecule has 5 rings (SSSR count). The molecule has 0 aliphatic heterocycles. The Balaban J connectivity index is 0.000000667. The standard InChI is InChI=1S/C13H8FN3O2.C8H6BrNO3.C5H5FN2.CHCl3.CH2O3.Na/c14-10-3-6-13-15-12(8-16(13)7-10)9-1-4-11(5-2-9)17(18)19;9-5-8(11)6-1-3-7(4-2-6)10(12)13;6-4-1-2-5(7)8-3-4;2-1(3)4;2-1-4-3;/h1-8H;1-4H,5H2;1-3H,(H2,7,8);1H;1,3H;/q;;;;;+1/p-1. The number of hydrogen-bond acceptors (Lipinski definition) is 11. The first-order valence-corrected chi connectivity index (χ1v) is 14.9. The number of ketones is 1. The quantitative estimate of drug-likeness (QED) is 0.0499. The number of non-ortho nitro benzene ring substituents is 2. The molecule has 2 N–H and O–H groups in total. The van der Waals surface area contributed by atoms with E-state index >= 15 is 0 Å². The van der Waals surface area contributed by atoms with Crippen molar-refractivity contribution in [2.45, 2.75) is 4.30 Å². The third-order valence-electron chi connectivity index (χ3n) is 5.10. The van der Waals surface area contributed by atoms with Crippen LogP contribution in [0.3, 0.4) is 0 Å². The fourth-order valence-electron chi connectivity index (χ4n) is 3.09. The fourth-order valence-corrected chi connectivity index (χ4v) is 3.41. The number of fused-ring (bicyclic) bond motifs is 1. The van der Waals surface area contributed by atoms with E-state index in [2.05, 4.69) is 30.8 Å². The molecule has 0 radical (unpaired) electrons. The van der Waals surface area contributed by atoms with Crippen LogP contribution in [0.1, 0.15) is 10.4 Å². The van der Waals surface area contributed by atoms with Crippen molar-refractivity contribution in [1.29, 1.82) is 0 Å². The van der Waals surface area contributed by atoms with Crippen LogP contribution in [0.2, 0.25) is 0 Å². The topological polar surface area (TPSA) is 209 Å². The Morgan fingerprint density at radius 3 is 1.82 bits per heavy atom. The van der Waals surface area contributed by atoms with Crippen molar-refractivity contribution in [3.05, 3.63) is 129 Å². The van der Waals surface area contributed by atoms with Crippen LogP contribution in [0.15, 0.2) is 91.4 Å². The molecule has 49 heavy (non-hydrogen) atoms. The van der Waals surface area contributed by atoms with Gasteiger partial charge in [0.1, 0.15) is 23.1 Å². The second-order valence-corrected chi connectivity index (χ2v) is 10.8. The van der Waals surface area contributed by atoms with Gasteiger partial charge in [-0.2, -0.15) is 0 Å². The number of anilines is 1. The van der Waals surface area contributed by atoms with Gasteiger partial charge in [-0.3, -0.25) is 29.8 Å². The second kappa shape index (κ2) is 24.3. The maximum absolute atomic E-state index is 13.1. The summed E-state index contributed by atoms with van der Waals surface area (Å²) in [6.07, 6.45) is 4.09. The Bertz CT molecular complexity index is 1750. The van der Waals surface area contributed by atoms with Crippen molar-refractivity contribution in [3.8, 4) is 11.3 Å². The van der Waals surface area contributed by atoms with Crippen molar-refractivity contribution in [3.63, 3.8) is 0 Å². The van der Waals surface area contributed by atoms with E-state index in [1.807, 2.05) is 0 Å². The normalized spacial score (nSPS) is 9.39. The van der Waals surface area contributed by atoms with Gasteiger partial charge in [0.15, 0.2) is 10.1 Å². The van der Waals surface area contributed by atoms with Crippen LogP contribution < -0.4 is 40.5 Å². The van der Waals surface area contributed by atoms with Gasteiger partial charge in [0.2, 0.25) is 0 Å². The minimum atomic E-state index is -0.750. The number of aromatic nitrogens is 3. The zero-order chi connectivity index (χ0) is 36.2. The molecular formula is C28H21BrCl3F2N6NaO8. The Labute approximate surface area is 321 Å². The van der Waals surface area contributed by atoms with Crippen molar-refractivity contribution in [2.24, 2.45) is 0 Å². The summed E-state index contributed by atoms with van der Waals surface area (Å²) in [4.78, 5) is 50.0. The van der Waals surface area contributed by atoms with Crippen molar-refractivity contribution >= 4 is 85.8 Å². The van der Waals surface area contributed by atoms with Gasteiger partial charge in [0.25, 0.3) is 17.8 Å². The Hall–Kier alpha value is -3.81. The molecule has 254 valence electrons. The van der Waals surface area contributed by atoms with Crippen LogP contribution in [-0.4, -0.2) is 46.1 Å². The number of carbonyl (C=O) groups excluding carboxylic acids is 2. The zero-order valence-corrected chi connectivity index (χ0v) is 30.7. The van der Waals surface area contributed by atoms with Crippen LogP contribution in [0.5, 0.6) is 0 Å². The molecule has 0 spiro atoms. The molecule has 0 atom stereocenters. The number of hydrogen-bond donors (Lipinski definition) is 1. The molecule has 0 saturated heterocycles. The zero-order valence-electron chi connectivity index (χ0n) is 24.9. The van der Waals surface area contributed by atoms with Crippen LogP contribution in [0.4, 0.5) is 26.0 Å². The van der Waals surface area contributed by atoms with Crippen LogP contribution in [-0.2, 0) is 9.68 Å². The molecule has 2 aromatic carbocycles. The van der Waals surface area contributed by atoms with E-state index in [1.165, 1.54) is 60.8 Å². The predicted molar refractivity (Wildman–Crippen MR) is 176 cm³/mol. The average molecular weight is 817 g/mol. The van der Waals surface area contributed by atoms with E-state index in [1.54, 1.807) is 28.8 Å². The summed E-state index contributed by atoms with van der Waals surface area (Å²) in [6.45, 7) is -0.181. The molecule has 0 aliphatic rings. The van der Waals surface area contributed by atoms with Gasteiger partial charge < -0.3 is 20.3 Å². The second-order valence-electron chi connectivity index (χ2n) is 8.24. The van der Waals surface area contributed by atoms with E-state index < -0.39 is 14.1 Å². The van der Waals surface area contributed by atoms with Crippen molar-refractivity contribution < 1.29 is 67.9 Å². The van der Waals surface area contributed by atoms with E-state index in [4.69, 9.17) is 50.6 Å². The predicted octanol–water partition coefficient (Wildman–Crippen LogP) is 3.45. The first-order chi connectivity index (χ1) is 22.7. The number of carbonyl (C=O) groups is 2. The molecule has 0 aliphatic carbocycles. The van der Waals surface area contributed by atoms with Gasteiger partial charge >= 0.3 is 29.6 Å². The molecule has 0 unspecified atom stereocenters. The molecule has 3 aromatic heterocycles. The van der Waals surface area contributed by atoms with Gasteiger partial charge in [-0.15, -0.1) is 0 Å². The first-order valence-electron chi connectivity index (χ1n) is 12.5. The van der Waals surface area contributed by atoms with E-state index in [0.717, 1.165) is 11.8 Å². The molecule has 0 saturated carbocycles. The minimum Gasteiger partial charge on any atom is -0.662 e. The number of pyridine rings is 2. The van der Waals surface area contributed by atoms with Gasteiger partial charge in [-0.05, 0) is 48.5 Å². The summed E-state index contributed by atoms with van der Waals surface area (Å²) < 4.78 is 25.9. The minimum absolute atomic E-state index is 0. The van der Waals surface area contributed by atoms with Gasteiger partial charge in [-0.25, -0.2) is 18.7 Å². The Morgan fingerprint density at radius 2 is 1.41 bits per heavy atom. The third-order valence-corrected chi connectivity index (χ3v) is 5.61. The first kappa shape index (κ1) is 45.2. The molecule has 21 heteroatoms. The SMILES string of the molecule is ClC(Cl)Cl.Nc1ccc(F)cn1.O=C(CBr)c1ccc([N+](=O)[O-])cc1.O=CO[O-].O=[N+]([O-])c1ccc(-c2cn3cc(F)ccc3n2)cc1.[Na+]. The molecule has 14 nitrogen and oxygen atoms in total. The Kier molecular flexibility index (Phi) is 22.5. The van der Waals surface area contributed by atoms with Crippen molar-refractivity contribution in [1.82, 2.24) is 14.4 Å². The summed E-state index contributed by atoms with van der Waals surface area (Å²) in [5.41, 5.74) is 7.65. The molecule has 0 amide bonds. The number of nitro groups is 2. The van der Waals surface area contributed by atoms with E-state index in [-0.39, 0.29) is 70.2 Å². The monoisotopic (exact) mass is 814 g/mol. The van der Waals surface area contributed by atoms with Gasteiger partial charge in [0.05, 0.1) is 27.1 Å². The number of rotatable bonds is 6. The number of nitro benzene ring substituents is 2.